The molecule has 0 aliphatic carbocycles. The van der Waals surface area contributed by atoms with E-state index in [1.807, 2.05) is 0 Å². The zero-order valence-electron chi connectivity index (χ0n) is 6.67. The van der Waals surface area contributed by atoms with E-state index in [0.29, 0.717) is 0 Å². The van der Waals surface area contributed by atoms with E-state index in [-0.39, 0.29) is 0 Å². The van der Waals surface area contributed by atoms with Crippen molar-refractivity contribution < 1.29 is 18.1 Å². The van der Waals surface area contributed by atoms with Gasteiger partial charge in [0.2, 0.25) is 3.24 Å². The zero-order valence-corrected chi connectivity index (χ0v) is 12.2. The molecule has 0 fully saturated rings. The van der Waals surface area contributed by atoms with Gasteiger partial charge in [-0.1, -0.05) is 39.1 Å². The second kappa shape index (κ2) is 5.66. The van der Waals surface area contributed by atoms with Crippen LogP contribution in [0.15, 0.2) is 0 Å². The Bertz CT molecular complexity index is 201. The Morgan fingerprint density at radius 2 is 1.77 bits per heavy atom. The lowest BCUT2D eigenvalue weighted by atomic mass is 10.9. The maximum Gasteiger partial charge on any atom is 0.475 e. The maximum atomic E-state index is 11.4. The summed E-state index contributed by atoms with van der Waals surface area (Å²) >= 11 is 17.0. The summed E-state index contributed by atoms with van der Waals surface area (Å²) in [5.74, 6) is 0. The van der Waals surface area contributed by atoms with Crippen LogP contribution >= 0.6 is 62.9 Å². The summed E-state index contributed by atoms with van der Waals surface area (Å²) in [6, 6.07) is 0. The minimum absolute atomic E-state index is 0.936. The first-order valence-corrected chi connectivity index (χ1v) is 6.78. The Morgan fingerprint density at radius 3 is 2.00 bits per heavy atom. The van der Waals surface area contributed by atoms with E-state index < -0.39 is 16.1 Å². The first-order chi connectivity index (χ1) is 5.75. The highest BCUT2D eigenvalue weighted by Gasteiger charge is 2.38. The lowest BCUT2D eigenvalue weighted by Crippen LogP contribution is -2.21. The van der Waals surface area contributed by atoms with Crippen molar-refractivity contribution in [2.45, 2.75) is 8.26 Å². The third kappa shape index (κ3) is 5.33. The van der Waals surface area contributed by atoms with Crippen LogP contribution in [-0.2, 0) is 18.1 Å². The van der Waals surface area contributed by atoms with Gasteiger partial charge in [-0.2, -0.15) is 0 Å². The molecule has 0 radical (unpaired) electrons. The average molecular weight is 381 g/mol. The number of phosphoric acid groups is 1. The topological polar surface area (TPSA) is 44.8 Å². The normalized spacial score (nSPS) is 15.8. The van der Waals surface area contributed by atoms with E-state index in [4.69, 9.17) is 27.7 Å². The molecule has 9 heteroatoms. The van der Waals surface area contributed by atoms with E-state index in [1.54, 1.807) is 0 Å². The summed E-state index contributed by atoms with van der Waals surface area (Å²) in [4.78, 5) is 0. The van der Waals surface area contributed by atoms with E-state index in [0.717, 1.165) is 0 Å². The molecule has 0 bridgehead atoms. The van der Waals surface area contributed by atoms with Crippen molar-refractivity contribution in [1.29, 1.82) is 0 Å². The molecule has 0 amide bonds. The van der Waals surface area contributed by atoms with Gasteiger partial charge in [-0.25, -0.2) is 4.57 Å². The second-order valence-corrected chi connectivity index (χ2v) is 7.99. The Labute approximate surface area is 103 Å². The molecule has 13 heavy (non-hydrogen) atoms. The van der Waals surface area contributed by atoms with E-state index in [2.05, 4.69) is 40.9 Å². The second-order valence-electron chi connectivity index (χ2n) is 1.78. The summed E-state index contributed by atoms with van der Waals surface area (Å²) in [7, 11) is -1.21. The van der Waals surface area contributed by atoms with Gasteiger partial charge in [-0.05, 0) is 15.9 Å². The fraction of sp³-hybridized carbons (Fsp3) is 1.00. The predicted molar refractivity (Wildman–Crippen MR) is 58.8 cm³/mol. The first kappa shape index (κ1) is 14.6. The molecule has 0 aromatic rings. The number of hydrogen-bond acceptors (Lipinski definition) is 4. The molecule has 0 aliphatic rings. The summed E-state index contributed by atoms with van der Waals surface area (Å²) in [6.45, 7) is 0. The van der Waals surface area contributed by atoms with Crippen LogP contribution in [0.5, 0.6) is 0 Å². The highest BCUT2D eigenvalue weighted by atomic mass is 79.9. The SMILES string of the molecule is COP(=O)(OC)O[C@@H](Br)C(Cl)(Cl)Br. The predicted octanol–water partition coefficient (Wildman–Crippen LogP) is 3.65. The third-order valence-corrected chi connectivity index (χ3v) is 5.41. The number of rotatable bonds is 5. The largest absolute Gasteiger partial charge is 0.475 e. The number of phosphoric ester groups is 1. The van der Waals surface area contributed by atoms with Gasteiger partial charge in [-0.3, -0.25) is 13.6 Å². The number of alkyl halides is 4. The van der Waals surface area contributed by atoms with Crippen LogP contribution in [0.2, 0.25) is 0 Å². The molecule has 1 atom stereocenters. The number of halogens is 4. The highest BCUT2D eigenvalue weighted by molar-refractivity contribution is 9.13. The minimum Gasteiger partial charge on any atom is -0.290 e. The molecule has 0 heterocycles. The Hall–Kier alpha value is 1.65. The van der Waals surface area contributed by atoms with Crippen LogP contribution in [0, 0.1) is 0 Å². The molecule has 0 rings (SSSR count). The average Bonchev–Trinajstić information content (AvgIpc) is 2.02. The summed E-state index contributed by atoms with van der Waals surface area (Å²) < 4.78 is 23.8. The van der Waals surface area contributed by atoms with Crippen molar-refractivity contribution in [1.82, 2.24) is 0 Å². The molecule has 0 aromatic carbocycles. The lowest BCUT2D eigenvalue weighted by molar-refractivity contribution is 0.146. The van der Waals surface area contributed by atoms with Gasteiger partial charge in [0.25, 0.3) is 0 Å². The van der Waals surface area contributed by atoms with Gasteiger partial charge in [0.1, 0.15) is 0 Å². The van der Waals surface area contributed by atoms with Gasteiger partial charge < -0.3 is 0 Å². The zero-order chi connectivity index (χ0) is 10.7. The Balaban J connectivity index is 4.35. The van der Waals surface area contributed by atoms with E-state index >= 15 is 0 Å². The molecule has 0 N–H and O–H groups in total. The standard InChI is InChI=1S/C4H7Br2Cl2O4P/c1-10-13(9,11-2)12-3(5)4(6,7)8/h3H,1-2H3/t3-/m1/s1. The van der Waals surface area contributed by atoms with Crippen molar-refractivity contribution in [2.75, 3.05) is 14.2 Å². The van der Waals surface area contributed by atoms with Crippen LogP contribution in [-0.4, -0.2) is 22.5 Å². The molecule has 4 nitrogen and oxygen atoms in total. The molecule has 0 saturated carbocycles. The van der Waals surface area contributed by atoms with Crippen LogP contribution in [0.1, 0.15) is 0 Å². The minimum atomic E-state index is -3.58. The monoisotopic (exact) mass is 378 g/mol. The molecule has 0 aromatic heterocycles. The fourth-order valence-corrected chi connectivity index (χ4v) is 2.11. The summed E-state index contributed by atoms with van der Waals surface area (Å²) in [6.07, 6.45) is 0. The third-order valence-electron chi connectivity index (χ3n) is 0.926. The van der Waals surface area contributed by atoms with Crippen molar-refractivity contribution in [2.24, 2.45) is 0 Å². The highest BCUT2D eigenvalue weighted by Crippen LogP contribution is 2.53. The van der Waals surface area contributed by atoms with Crippen LogP contribution in [0.3, 0.4) is 0 Å². The van der Waals surface area contributed by atoms with Crippen LogP contribution in [0.4, 0.5) is 0 Å². The molecular weight excluding hydrogens is 374 g/mol. The van der Waals surface area contributed by atoms with Crippen LogP contribution in [0.25, 0.3) is 0 Å². The van der Waals surface area contributed by atoms with Gasteiger partial charge in [0.15, 0.2) is 5.01 Å². The summed E-state index contributed by atoms with van der Waals surface area (Å²) in [5.41, 5.74) is 0. The molecular formula is C4H7Br2Cl2O4P. The molecule has 80 valence electrons. The summed E-state index contributed by atoms with van der Waals surface area (Å²) in [5, 5.41) is -0.936. The molecule has 0 saturated heterocycles. The Kier molecular flexibility index (Phi) is 6.38. The first-order valence-electron chi connectivity index (χ1n) is 2.86. The van der Waals surface area contributed by atoms with Gasteiger partial charge >= 0.3 is 7.82 Å². The van der Waals surface area contributed by atoms with Gasteiger partial charge in [0.05, 0.1) is 0 Å². The lowest BCUT2D eigenvalue weighted by Gasteiger charge is -2.22. The quantitative estimate of drug-likeness (QED) is 0.539. The van der Waals surface area contributed by atoms with E-state index in [1.165, 1.54) is 14.2 Å². The van der Waals surface area contributed by atoms with Crippen molar-refractivity contribution in [3.63, 3.8) is 0 Å². The van der Waals surface area contributed by atoms with Gasteiger partial charge in [0, 0.05) is 14.2 Å². The maximum absolute atomic E-state index is 11.4. The molecule has 0 aliphatic heterocycles. The van der Waals surface area contributed by atoms with E-state index in [9.17, 15) is 4.57 Å². The smallest absolute Gasteiger partial charge is 0.290 e. The Morgan fingerprint density at radius 1 is 1.38 bits per heavy atom. The number of hydrogen-bond donors (Lipinski definition) is 0. The van der Waals surface area contributed by atoms with Crippen molar-refractivity contribution in [3.8, 4) is 0 Å². The van der Waals surface area contributed by atoms with Crippen LogP contribution < -0.4 is 0 Å². The molecule has 0 spiro atoms. The van der Waals surface area contributed by atoms with Crippen molar-refractivity contribution in [3.05, 3.63) is 0 Å². The molecule has 0 unspecified atom stereocenters. The fourth-order valence-electron chi connectivity index (χ4n) is 0.334. The van der Waals surface area contributed by atoms with Gasteiger partial charge in [-0.15, -0.1) is 0 Å². The van der Waals surface area contributed by atoms with Crippen molar-refractivity contribution >= 4 is 62.9 Å².